The quantitative estimate of drug-likeness (QED) is 0.556. The molecule has 6 heteroatoms. The van der Waals surface area contributed by atoms with Gasteiger partial charge in [-0.25, -0.2) is 9.82 Å². The predicted molar refractivity (Wildman–Crippen MR) is 98.4 cm³/mol. The van der Waals surface area contributed by atoms with Crippen molar-refractivity contribution in [1.29, 1.82) is 0 Å². The first-order valence-electron chi connectivity index (χ1n) is 8.04. The number of aromatic nitrogens is 1. The molecule has 26 heavy (non-hydrogen) atoms. The molecule has 3 rings (SSSR count). The first-order valence-corrected chi connectivity index (χ1v) is 8.04. The Morgan fingerprint density at radius 3 is 2.58 bits per heavy atom. The number of amides is 1. The number of aryl methyl sites for hydroxylation is 1. The molecule has 0 unspecified atom stereocenters. The molecular weight excluding hydrogens is 333 g/mol. The van der Waals surface area contributed by atoms with Crippen LogP contribution in [-0.2, 0) is 0 Å². The summed E-state index contributed by atoms with van der Waals surface area (Å²) in [6.07, 6.45) is 1.50. The van der Waals surface area contributed by atoms with E-state index in [1.54, 1.807) is 34.9 Å². The van der Waals surface area contributed by atoms with Gasteiger partial charge >= 0.3 is 0 Å². The number of phenols is 1. The highest BCUT2D eigenvalue weighted by Gasteiger charge is 2.13. The second kappa shape index (κ2) is 7.23. The smallest absolute Gasteiger partial charge is 0.275 e. The van der Waals surface area contributed by atoms with Gasteiger partial charge in [-0.1, -0.05) is 24.3 Å². The lowest BCUT2D eigenvalue weighted by Gasteiger charge is -2.10. The zero-order valence-corrected chi connectivity index (χ0v) is 14.4. The monoisotopic (exact) mass is 351 g/mol. The Morgan fingerprint density at radius 1 is 1.15 bits per heavy atom. The second-order valence-electron chi connectivity index (χ2n) is 5.83. The van der Waals surface area contributed by atoms with Crippen molar-refractivity contribution >= 4 is 12.1 Å². The van der Waals surface area contributed by atoms with Crippen LogP contribution in [0.5, 0.6) is 5.75 Å². The highest BCUT2D eigenvalue weighted by molar-refractivity contribution is 5.97. The Balaban J connectivity index is 1.82. The predicted octanol–water partition coefficient (Wildman–Crippen LogP) is 3.70. The molecule has 0 spiro atoms. The van der Waals surface area contributed by atoms with Gasteiger partial charge in [0.05, 0.1) is 17.5 Å². The molecule has 0 atom stereocenters. The lowest BCUT2D eigenvalue weighted by Crippen LogP contribution is -2.17. The van der Waals surface area contributed by atoms with Crippen molar-refractivity contribution in [3.8, 4) is 11.4 Å². The van der Waals surface area contributed by atoms with E-state index < -0.39 is 5.91 Å². The van der Waals surface area contributed by atoms with E-state index in [1.807, 2.05) is 19.9 Å². The van der Waals surface area contributed by atoms with Gasteiger partial charge in [-0.2, -0.15) is 5.10 Å². The number of nitrogens with zero attached hydrogens (tertiary/aromatic N) is 2. The summed E-state index contributed by atoms with van der Waals surface area (Å²) in [5.41, 5.74) is 5.38. The Labute approximate surface area is 150 Å². The van der Waals surface area contributed by atoms with Gasteiger partial charge in [0.25, 0.3) is 5.91 Å². The molecule has 1 amide bonds. The van der Waals surface area contributed by atoms with Crippen LogP contribution in [0.2, 0.25) is 0 Å². The molecular formula is C20H18FN3O2. The van der Waals surface area contributed by atoms with Crippen LogP contribution >= 0.6 is 0 Å². The number of hydrazone groups is 1. The summed E-state index contributed by atoms with van der Waals surface area (Å²) in [6, 6.07) is 14.6. The zero-order valence-electron chi connectivity index (χ0n) is 14.4. The van der Waals surface area contributed by atoms with Crippen molar-refractivity contribution in [3.63, 3.8) is 0 Å². The Morgan fingerprint density at radius 2 is 1.85 bits per heavy atom. The molecule has 132 valence electrons. The minimum Gasteiger partial charge on any atom is -0.507 e. The summed E-state index contributed by atoms with van der Waals surface area (Å²) < 4.78 is 15.9. The van der Waals surface area contributed by atoms with E-state index in [0.717, 1.165) is 17.0 Å². The van der Waals surface area contributed by atoms with E-state index in [4.69, 9.17) is 0 Å². The third-order valence-electron chi connectivity index (χ3n) is 4.08. The lowest BCUT2D eigenvalue weighted by molar-refractivity contribution is 0.0952. The maximum atomic E-state index is 14.1. The number of nitrogens with one attached hydrogen (secondary N) is 1. The van der Waals surface area contributed by atoms with Crippen LogP contribution < -0.4 is 5.43 Å². The van der Waals surface area contributed by atoms with Gasteiger partial charge in [0, 0.05) is 17.0 Å². The van der Waals surface area contributed by atoms with Gasteiger partial charge in [-0.3, -0.25) is 4.79 Å². The third-order valence-corrected chi connectivity index (χ3v) is 4.08. The first-order chi connectivity index (χ1) is 12.5. The minimum atomic E-state index is -0.512. The van der Waals surface area contributed by atoms with Crippen molar-refractivity contribution in [2.75, 3.05) is 0 Å². The molecule has 5 nitrogen and oxygen atoms in total. The summed E-state index contributed by atoms with van der Waals surface area (Å²) in [5.74, 6) is -0.939. The normalized spacial score (nSPS) is 11.0. The number of halogens is 1. The number of carbonyl (C=O) groups is 1. The van der Waals surface area contributed by atoms with Crippen LogP contribution in [0.3, 0.4) is 0 Å². The molecule has 0 fully saturated rings. The maximum absolute atomic E-state index is 14.1. The zero-order chi connectivity index (χ0) is 18.7. The van der Waals surface area contributed by atoms with Crippen molar-refractivity contribution in [3.05, 3.63) is 82.9 Å². The Kier molecular flexibility index (Phi) is 4.84. The highest BCUT2D eigenvalue weighted by Crippen LogP contribution is 2.22. The van der Waals surface area contributed by atoms with Gasteiger partial charge < -0.3 is 9.67 Å². The van der Waals surface area contributed by atoms with Crippen molar-refractivity contribution < 1.29 is 14.3 Å². The number of para-hydroxylation sites is 2. The summed E-state index contributed by atoms with van der Waals surface area (Å²) in [6.45, 7) is 3.73. The maximum Gasteiger partial charge on any atom is 0.275 e. The van der Waals surface area contributed by atoms with E-state index >= 15 is 0 Å². The van der Waals surface area contributed by atoms with Crippen molar-refractivity contribution in [2.45, 2.75) is 13.8 Å². The van der Waals surface area contributed by atoms with E-state index in [1.165, 1.54) is 24.4 Å². The van der Waals surface area contributed by atoms with Gasteiger partial charge in [-0.05, 0) is 44.2 Å². The number of carbonyl (C=O) groups excluding carboxylic acids is 1. The van der Waals surface area contributed by atoms with Crippen molar-refractivity contribution in [1.82, 2.24) is 9.99 Å². The van der Waals surface area contributed by atoms with Crippen LogP contribution in [-0.4, -0.2) is 21.8 Å². The topological polar surface area (TPSA) is 66.6 Å². The Bertz CT molecular complexity index is 992. The van der Waals surface area contributed by atoms with Gasteiger partial charge in [-0.15, -0.1) is 0 Å². The van der Waals surface area contributed by atoms with Crippen LogP contribution in [0.1, 0.15) is 27.3 Å². The van der Waals surface area contributed by atoms with Crippen LogP contribution in [0.15, 0.2) is 59.7 Å². The lowest BCUT2D eigenvalue weighted by atomic mass is 10.2. The fourth-order valence-corrected chi connectivity index (χ4v) is 2.81. The summed E-state index contributed by atoms with van der Waals surface area (Å²) >= 11 is 0. The first kappa shape index (κ1) is 17.4. The molecule has 3 aromatic rings. The SMILES string of the molecule is Cc1cc(C=NNC(=O)c2ccccc2O)c(C)n1-c1ccccc1F. The van der Waals surface area contributed by atoms with Gasteiger partial charge in [0.2, 0.25) is 0 Å². The number of aromatic hydroxyl groups is 1. The van der Waals surface area contributed by atoms with Crippen LogP contribution in [0, 0.1) is 19.7 Å². The molecule has 0 aliphatic rings. The second-order valence-corrected chi connectivity index (χ2v) is 5.83. The molecule has 0 radical (unpaired) electrons. The van der Waals surface area contributed by atoms with Gasteiger partial charge in [0.1, 0.15) is 11.6 Å². The fraction of sp³-hybridized carbons (Fsp3) is 0.100. The van der Waals surface area contributed by atoms with Crippen molar-refractivity contribution in [2.24, 2.45) is 5.10 Å². The van der Waals surface area contributed by atoms with Crippen LogP contribution in [0.4, 0.5) is 4.39 Å². The number of phenolic OH excluding ortho intramolecular Hbond substituents is 1. The molecule has 0 saturated carbocycles. The molecule has 1 aromatic heterocycles. The standard InChI is InChI=1S/C20H18FN3O2/c1-13-11-15(14(2)24(13)18-9-5-4-8-17(18)21)12-22-23-20(26)16-7-3-6-10-19(16)25/h3-12,25H,1-2H3,(H,23,26). The molecule has 1 heterocycles. The average Bonchev–Trinajstić information content (AvgIpc) is 2.90. The molecule has 2 aromatic carbocycles. The number of hydrogen-bond donors (Lipinski definition) is 2. The Hall–Kier alpha value is -3.41. The van der Waals surface area contributed by atoms with Crippen LogP contribution in [0.25, 0.3) is 5.69 Å². The third kappa shape index (κ3) is 3.35. The summed E-state index contributed by atoms with van der Waals surface area (Å²) in [4.78, 5) is 12.0. The summed E-state index contributed by atoms with van der Waals surface area (Å²) in [7, 11) is 0. The molecule has 2 N–H and O–H groups in total. The van der Waals surface area contributed by atoms with E-state index in [2.05, 4.69) is 10.5 Å². The van der Waals surface area contributed by atoms with E-state index in [9.17, 15) is 14.3 Å². The number of benzene rings is 2. The molecule has 0 aliphatic heterocycles. The van der Waals surface area contributed by atoms with Gasteiger partial charge in [0.15, 0.2) is 0 Å². The average molecular weight is 351 g/mol. The minimum absolute atomic E-state index is 0.113. The van der Waals surface area contributed by atoms with E-state index in [-0.39, 0.29) is 17.1 Å². The molecule has 0 saturated heterocycles. The molecule has 0 aliphatic carbocycles. The van der Waals surface area contributed by atoms with E-state index in [0.29, 0.717) is 5.69 Å². The summed E-state index contributed by atoms with van der Waals surface area (Å²) in [5, 5.41) is 13.6. The largest absolute Gasteiger partial charge is 0.507 e. The fourth-order valence-electron chi connectivity index (χ4n) is 2.81. The number of hydrogen-bond acceptors (Lipinski definition) is 3. The molecule has 0 bridgehead atoms. The highest BCUT2D eigenvalue weighted by atomic mass is 19.1. The number of rotatable bonds is 4.